The van der Waals surface area contributed by atoms with Crippen LogP contribution in [0.4, 0.5) is 0 Å². The molecule has 2 aliphatic heterocycles. The highest BCUT2D eigenvalue weighted by Crippen LogP contribution is 2.44. The summed E-state index contributed by atoms with van der Waals surface area (Å²) in [5.41, 5.74) is 4.68. The van der Waals surface area contributed by atoms with E-state index < -0.39 is 0 Å². The first-order valence-corrected chi connectivity index (χ1v) is 11.9. The number of amides is 1. The van der Waals surface area contributed by atoms with Crippen molar-refractivity contribution in [3.8, 4) is 0 Å². The number of fused-ring (bicyclic) bond motifs is 1. The molecule has 0 bridgehead atoms. The molecule has 0 spiro atoms. The van der Waals surface area contributed by atoms with Gasteiger partial charge in [0.15, 0.2) is 5.17 Å². The molecule has 2 aromatic carbocycles. The first-order valence-electron chi connectivity index (χ1n) is 10.9. The second kappa shape index (κ2) is 9.10. The lowest BCUT2D eigenvalue weighted by Gasteiger charge is -2.29. The minimum Gasteiger partial charge on any atom is -0.363 e. The number of nitrogens with one attached hydrogen (secondary N) is 1. The number of benzene rings is 2. The van der Waals surface area contributed by atoms with Gasteiger partial charge in [-0.2, -0.15) is 5.10 Å². The molecule has 1 N–H and O–H groups in total. The Hall–Kier alpha value is -2.86. The normalized spacial score (nSPS) is 23.9. The van der Waals surface area contributed by atoms with Gasteiger partial charge in [-0.1, -0.05) is 72.4 Å². The third kappa shape index (κ3) is 4.30. The molecule has 2 heterocycles. The van der Waals surface area contributed by atoms with E-state index in [2.05, 4.69) is 52.8 Å². The minimum atomic E-state index is -0.0396. The molecule has 2 atom stereocenters. The van der Waals surface area contributed by atoms with E-state index in [-0.39, 0.29) is 17.9 Å². The van der Waals surface area contributed by atoms with Gasteiger partial charge < -0.3 is 5.32 Å². The largest absolute Gasteiger partial charge is 0.363 e. The maximum atomic E-state index is 13.3. The van der Waals surface area contributed by atoms with Crippen LogP contribution in [0.25, 0.3) is 6.08 Å². The van der Waals surface area contributed by atoms with Crippen LogP contribution in [0.1, 0.15) is 36.4 Å². The number of rotatable bonds is 4. The number of aliphatic imine (C=N–C) groups is 1. The van der Waals surface area contributed by atoms with Crippen LogP contribution in [0, 0.1) is 5.92 Å². The van der Waals surface area contributed by atoms with Gasteiger partial charge in [-0.15, -0.1) is 0 Å². The van der Waals surface area contributed by atoms with Crippen LogP contribution in [0.15, 0.2) is 76.3 Å². The molecule has 0 radical (unpaired) electrons. The van der Waals surface area contributed by atoms with Gasteiger partial charge in [-0.05, 0) is 42.0 Å². The van der Waals surface area contributed by atoms with Crippen LogP contribution in [0.3, 0.4) is 0 Å². The molecule has 31 heavy (non-hydrogen) atoms. The van der Waals surface area contributed by atoms with Crippen LogP contribution in [0.5, 0.6) is 0 Å². The quantitative estimate of drug-likeness (QED) is 0.777. The topological polar surface area (TPSA) is 57.1 Å². The Morgan fingerprint density at radius 2 is 1.90 bits per heavy atom. The van der Waals surface area contributed by atoms with E-state index in [0.717, 1.165) is 48.8 Å². The summed E-state index contributed by atoms with van der Waals surface area (Å²) in [5, 5.41) is 10.8. The molecule has 1 saturated carbocycles. The Morgan fingerprint density at radius 1 is 1.13 bits per heavy atom. The van der Waals surface area contributed by atoms with Gasteiger partial charge in [0, 0.05) is 12.5 Å². The fraction of sp³-hybridized carbons (Fsp3) is 0.320. The van der Waals surface area contributed by atoms with Crippen molar-refractivity contribution in [2.24, 2.45) is 16.0 Å². The van der Waals surface area contributed by atoms with Crippen molar-refractivity contribution in [3.63, 3.8) is 0 Å². The van der Waals surface area contributed by atoms with Crippen molar-refractivity contribution < 1.29 is 4.79 Å². The molecule has 158 valence electrons. The highest BCUT2D eigenvalue weighted by molar-refractivity contribution is 8.14. The van der Waals surface area contributed by atoms with Gasteiger partial charge in [0.05, 0.1) is 24.1 Å². The number of carbonyl (C=O) groups is 1. The van der Waals surface area contributed by atoms with Gasteiger partial charge in [0.1, 0.15) is 0 Å². The van der Waals surface area contributed by atoms with E-state index in [4.69, 9.17) is 5.10 Å². The predicted octanol–water partition coefficient (Wildman–Crippen LogP) is 4.50. The Labute approximate surface area is 187 Å². The zero-order valence-corrected chi connectivity index (χ0v) is 18.2. The van der Waals surface area contributed by atoms with Gasteiger partial charge in [-0.3, -0.25) is 9.79 Å². The number of amidine groups is 1. The molecule has 0 aromatic heterocycles. The summed E-state index contributed by atoms with van der Waals surface area (Å²) in [6, 6.07) is 20.7. The molecule has 1 aliphatic carbocycles. The minimum absolute atomic E-state index is 0.0382. The second-order valence-electron chi connectivity index (χ2n) is 8.06. The highest BCUT2D eigenvalue weighted by atomic mass is 32.2. The lowest BCUT2D eigenvalue weighted by Crippen LogP contribution is -2.33. The molecular formula is C25H26N4OS. The summed E-state index contributed by atoms with van der Waals surface area (Å²) in [6.45, 7) is 1.63. The molecule has 5 nitrogen and oxygen atoms in total. The maximum Gasteiger partial charge on any atom is 0.253 e. The molecule has 0 saturated heterocycles. The molecule has 3 aliphatic rings. The highest BCUT2D eigenvalue weighted by Gasteiger charge is 2.43. The Balaban J connectivity index is 1.46. The number of hydrogen-bond donors (Lipinski definition) is 1. The zero-order valence-electron chi connectivity index (χ0n) is 17.4. The molecule has 1 fully saturated rings. The molecule has 6 heteroatoms. The van der Waals surface area contributed by atoms with Crippen molar-refractivity contribution in [2.45, 2.75) is 25.3 Å². The van der Waals surface area contributed by atoms with E-state index in [1.54, 1.807) is 5.01 Å². The van der Waals surface area contributed by atoms with E-state index in [0.29, 0.717) is 5.75 Å². The van der Waals surface area contributed by atoms with Gasteiger partial charge in [-0.25, -0.2) is 5.01 Å². The number of allylic oxidation sites excluding steroid dienone is 1. The van der Waals surface area contributed by atoms with E-state index in [1.807, 2.05) is 24.3 Å². The molecule has 2 aromatic rings. The second-order valence-corrected chi connectivity index (χ2v) is 9.02. The number of hydrogen-bond acceptors (Lipinski definition) is 5. The maximum absolute atomic E-state index is 13.3. The first kappa shape index (κ1) is 20.1. The van der Waals surface area contributed by atoms with Crippen molar-refractivity contribution in [1.82, 2.24) is 10.3 Å². The summed E-state index contributed by atoms with van der Waals surface area (Å²) in [5.74, 6) is 0.620. The van der Waals surface area contributed by atoms with Crippen molar-refractivity contribution in [1.29, 1.82) is 0 Å². The third-order valence-electron chi connectivity index (χ3n) is 6.01. The summed E-state index contributed by atoms with van der Waals surface area (Å²) in [7, 11) is 0. The van der Waals surface area contributed by atoms with Crippen LogP contribution in [0.2, 0.25) is 0 Å². The number of carbonyl (C=O) groups excluding carboxylic acids is 1. The molecule has 2 unspecified atom stereocenters. The number of hydrazone groups is 1. The van der Waals surface area contributed by atoms with E-state index >= 15 is 0 Å². The van der Waals surface area contributed by atoms with Gasteiger partial charge >= 0.3 is 0 Å². The molecule has 1 amide bonds. The van der Waals surface area contributed by atoms with Crippen LogP contribution in [-0.2, 0) is 4.79 Å². The smallest absolute Gasteiger partial charge is 0.253 e. The average molecular weight is 431 g/mol. The summed E-state index contributed by atoms with van der Waals surface area (Å²) in [6.07, 6.45) is 5.41. The van der Waals surface area contributed by atoms with Gasteiger partial charge in [0.2, 0.25) is 0 Å². The Bertz CT molecular complexity index is 1030. The average Bonchev–Trinajstić information content (AvgIpc) is 3.47. The first-order chi connectivity index (χ1) is 15.3. The van der Waals surface area contributed by atoms with Crippen LogP contribution >= 0.6 is 11.8 Å². The summed E-state index contributed by atoms with van der Waals surface area (Å²) in [4.78, 5) is 17.7. The van der Waals surface area contributed by atoms with E-state index in [1.165, 1.54) is 22.9 Å². The van der Waals surface area contributed by atoms with Crippen molar-refractivity contribution in [3.05, 3.63) is 77.4 Å². The van der Waals surface area contributed by atoms with E-state index in [9.17, 15) is 4.79 Å². The summed E-state index contributed by atoms with van der Waals surface area (Å²) < 4.78 is 0. The van der Waals surface area contributed by atoms with Crippen LogP contribution in [-0.4, -0.2) is 40.6 Å². The SMILES string of the molecule is O=C(CSC1=NCCN1)N1N=C2C(=Cc3ccccc3)CCCC2C1c1ccccc1. The fourth-order valence-corrected chi connectivity index (χ4v) is 5.39. The van der Waals surface area contributed by atoms with Crippen molar-refractivity contribution in [2.75, 3.05) is 18.8 Å². The standard InChI is InChI=1S/C25H26N4OS/c30-22(17-31-25-26-14-15-27-25)29-24(19-10-5-2-6-11-19)21-13-7-12-20(23(21)28-29)16-18-8-3-1-4-9-18/h1-6,8-11,16,21,24H,7,12-15,17H2,(H,26,27). The summed E-state index contributed by atoms with van der Waals surface area (Å²) >= 11 is 1.48. The lowest BCUT2D eigenvalue weighted by molar-refractivity contribution is -0.130. The lowest BCUT2D eigenvalue weighted by atomic mass is 9.77. The monoisotopic (exact) mass is 430 g/mol. The third-order valence-corrected chi connectivity index (χ3v) is 6.95. The molecular weight excluding hydrogens is 404 g/mol. The Morgan fingerprint density at radius 3 is 2.65 bits per heavy atom. The molecule has 5 rings (SSSR count). The fourth-order valence-electron chi connectivity index (χ4n) is 4.61. The Kier molecular flexibility index (Phi) is 5.89. The van der Waals surface area contributed by atoms with Gasteiger partial charge in [0.25, 0.3) is 5.91 Å². The number of thioether (sulfide) groups is 1. The predicted molar refractivity (Wildman–Crippen MR) is 128 cm³/mol. The van der Waals surface area contributed by atoms with Crippen LogP contribution < -0.4 is 5.32 Å². The zero-order chi connectivity index (χ0) is 21.0. The number of nitrogens with zero attached hydrogens (tertiary/aromatic N) is 3. The van der Waals surface area contributed by atoms with Crippen molar-refractivity contribution >= 4 is 34.6 Å².